The fraction of sp³-hybridized carbons (Fsp3) is 0.370. The molecule has 0 spiro atoms. The van der Waals surface area contributed by atoms with Crippen LogP contribution in [-0.4, -0.2) is 42.1 Å². The smallest absolute Gasteiger partial charge is 0.411 e. The molecular formula is C27H33F3N4O4. The zero-order chi connectivity index (χ0) is 28.3. The van der Waals surface area contributed by atoms with Gasteiger partial charge in [0, 0.05) is 35.0 Å². The van der Waals surface area contributed by atoms with E-state index in [0.29, 0.717) is 29.7 Å². The summed E-state index contributed by atoms with van der Waals surface area (Å²) >= 11 is 0. The van der Waals surface area contributed by atoms with E-state index in [1.165, 1.54) is 25.5 Å². The Labute approximate surface area is 220 Å². The molecule has 1 aromatic heterocycles. The number of aromatic nitrogens is 1. The highest BCUT2D eigenvalue weighted by molar-refractivity contribution is 5.88. The number of rotatable bonds is 10. The van der Waals surface area contributed by atoms with Gasteiger partial charge in [0.15, 0.2) is 0 Å². The number of ether oxygens (including phenoxy) is 2. The van der Waals surface area contributed by atoms with Gasteiger partial charge in [-0.15, -0.1) is 6.58 Å². The molecular weight excluding hydrogens is 501 g/mol. The SMILES string of the molecule is C=CCC(Nc1cc(NC(=O)OC)ccc1-c1ccnc(CCC=CNC(=O)OC(C)(C)C)c1)C(F)(F)F. The van der Waals surface area contributed by atoms with Gasteiger partial charge in [-0.25, -0.2) is 9.59 Å². The predicted molar refractivity (Wildman–Crippen MR) is 141 cm³/mol. The molecule has 3 N–H and O–H groups in total. The number of carbonyl (C=O) groups excluding carboxylic acids is 2. The molecule has 0 saturated carbocycles. The Morgan fingerprint density at radius 1 is 1.13 bits per heavy atom. The lowest BCUT2D eigenvalue weighted by Gasteiger charge is -2.24. The van der Waals surface area contributed by atoms with Gasteiger partial charge in [-0.1, -0.05) is 18.2 Å². The Balaban J connectivity index is 2.25. The Morgan fingerprint density at radius 3 is 2.50 bits per heavy atom. The van der Waals surface area contributed by atoms with E-state index in [-0.39, 0.29) is 17.8 Å². The number of hydrogen-bond donors (Lipinski definition) is 3. The molecule has 1 heterocycles. The van der Waals surface area contributed by atoms with Gasteiger partial charge in [-0.2, -0.15) is 13.2 Å². The first-order valence-electron chi connectivity index (χ1n) is 11.9. The Morgan fingerprint density at radius 2 is 1.87 bits per heavy atom. The van der Waals surface area contributed by atoms with E-state index in [4.69, 9.17) is 4.74 Å². The van der Waals surface area contributed by atoms with Gasteiger partial charge in [0.1, 0.15) is 11.6 Å². The Hall–Kier alpha value is -4.02. The summed E-state index contributed by atoms with van der Waals surface area (Å²) in [5, 5.41) is 7.54. The van der Waals surface area contributed by atoms with Crippen molar-refractivity contribution < 1.29 is 32.2 Å². The summed E-state index contributed by atoms with van der Waals surface area (Å²) in [5.74, 6) is 0. The summed E-state index contributed by atoms with van der Waals surface area (Å²) in [6.07, 6.45) is 0.895. The van der Waals surface area contributed by atoms with E-state index in [0.717, 1.165) is 0 Å². The molecule has 0 bridgehead atoms. The number of allylic oxidation sites excluding steroid dienone is 1. The number of pyridine rings is 1. The van der Waals surface area contributed by atoms with Crippen molar-refractivity contribution in [2.45, 2.75) is 57.9 Å². The maximum Gasteiger partial charge on any atom is 0.411 e. The standard InChI is InChI=1S/C27H33F3N4O4/c1-6-9-23(27(28,29)30)34-22-17-20(33-25(36)37-5)11-12-21(22)18-13-15-31-19(16-18)10-7-8-14-32-24(35)38-26(2,3)4/h6,8,11-17,23,34H,1,7,9-10H2,2-5H3,(H,32,35)(H,33,36). The molecule has 206 valence electrons. The number of benzene rings is 1. The van der Waals surface area contributed by atoms with E-state index in [1.54, 1.807) is 57.3 Å². The van der Waals surface area contributed by atoms with Gasteiger partial charge in [0.25, 0.3) is 0 Å². The first kappa shape index (κ1) is 30.2. The second-order valence-corrected chi connectivity index (χ2v) is 9.26. The molecule has 0 aliphatic carbocycles. The molecule has 0 fully saturated rings. The number of nitrogens with zero attached hydrogens (tertiary/aromatic N) is 1. The van der Waals surface area contributed by atoms with E-state index in [1.807, 2.05) is 0 Å². The number of aryl methyl sites for hydroxylation is 1. The van der Waals surface area contributed by atoms with Crippen LogP contribution < -0.4 is 16.0 Å². The quantitative estimate of drug-likeness (QED) is 0.289. The van der Waals surface area contributed by atoms with Crippen molar-refractivity contribution in [3.8, 4) is 11.1 Å². The highest BCUT2D eigenvalue weighted by Gasteiger charge is 2.39. The van der Waals surface area contributed by atoms with E-state index in [9.17, 15) is 22.8 Å². The molecule has 0 saturated heterocycles. The number of hydrogen-bond acceptors (Lipinski definition) is 6. The first-order chi connectivity index (χ1) is 17.8. The van der Waals surface area contributed by atoms with Gasteiger partial charge >= 0.3 is 18.4 Å². The highest BCUT2D eigenvalue weighted by Crippen LogP contribution is 2.34. The molecule has 0 aliphatic heterocycles. The van der Waals surface area contributed by atoms with Crippen LogP contribution in [0.25, 0.3) is 11.1 Å². The number of amides is 2. The number of alkyl halides is 3. The average Bonchev–Trinajstić information content (AvgIpc) is 2.82. The molecule has 38 heavy (non-hydrogen) atoms. The third-order valence-corrected chi connectivity index (χ3v) is 4.99. The third-order valence-electron chi connectivity index (χ3n) is 4.99. The average molecular weight is 535 g/mol. The maximum atomic E-state index is 13.6. The Bertz CT molecular complexity index is 1140. The fourth-order valence-electron chi connectivity index (χ4n) is 3.32. The van der Waals surface area contributed by atoms with Crippen molar-refractivity contribution in [3.63, 3.8) is 0 Å². The number of nitrogens with one attached hydrogen (secondary N) is 3. The number of halogens is 3. The Kier molecular flexibility index (Phi) is 10.7. The summed E-state index contributed by atoms with van der Waals surface area (Å²) in [6, 6.07) is 6.18. The summed E-state index contributed by atoms with van der Waals surface area (Å²) in [5.41, 5.74) is 1.66. The van der Waals surface area contributed by atoms with Gasteiger partial charge in [-0.05, 0) is 69.9 Å². The van der Waals surface area contributed by atoms with Crippen molar-refractivity contribution in [3.05, 3.63) is 67.2 Å². The third kappa shape index (κ3) is 10.2. The van der Waals surface area contributed by atoms with Crippen LogP contribution in [0.4, 0.5) is 34.1 Å². The second-order valence-electron chi connectivity index (χ2n) is 9.26. The first-order valence-corrected chi connectivity index (χ1v) is 11.9. The van der Waals surface area contributed by atoms with Crippen molar-refractivity contribution >= 4 is 23.6 Å². The predicted octanol–water partition coefficient (Wildman–Crippen LogP) is 6.82. The summed E-state index contributed by atoms with van der Waals surface area (Å²) in [6.45, 7) is 8.72. The molecule has 11 heteroatoms. The van der Waals surface area contributed by atoms with Crippen LogP contribution in [0.1, 0.15) is 39.3 Å². The fourth-order valence-corrected chi connectivity index (χ4v) is 3.32. The van der Waals surface area contributed by atoms with Crippen LogP contribution in [-0.2, 0) is 15.9 Å². The van der Waals surface area contributed by atoms with Gasteiger partial charge in [0.2, 0.25) is 0 Å². The number of anilines is 2. The molecule has 1 unspecified atom stereocenters. The molecule has 0 radical (unpaired) electrons. The molecule has 8 nitrogen and oxygen atoms in total. The summed E-state index contributed by atoms with van der Waals surface area (Å²) < 4.78 is 50.6. The zero-order valence-electron chi connectivity index (χ0n) is 21.8. The van der Waals surface area contributed by atoms with Crippen LogP contribution in [0.5, 0.6) is 0 Å². The second kappa shape index (κ2) is 13.5. The number of carbonyl (C=O) groups is 2. The van der Waals surface area contributed by atoms with Crippen molar-refractivity contribution in [2.24, 2.45) is 0 Å². The van der Waals surface area contributed by atoms with Crippen molar-refractivity contribution in [2.75, 3.05) is 17.7 Å². The summed E-state index contributed by atoms with van der Waals surface area (Å²) in [4.78, 5) is 27.7. The lowest BCUT2D eigenvalue weighted by molar-refractivity contribution is -0.141. The van der Waals surface area contributed by atoms with Crippen molar-refractivity contribution in [1.29, 1.82) is 0 Å². The monoisotopic (exact) mass is 534 g/mol. The molecule has 1 atom stereocenters. The molecule has 2 aromatic rings. The number of methoxy groups -OCH3 is 1. The van der Waals surface area contributed by atoms with Gasteiger partial charge < -0.3 is 14.8 Å². The van der Waals surface area contributed by atoms with Crippen LogP contribution >= 0.6 is 0 Å². The van der Waals surface area contributed by atoms with Gasteiger partial charge in [0.05, 0.1) is 7.11 Å². The largest absolute Gasteiger partial charge is 0.453 e. The minimum atomic E-state index is -4.53. The minimum Gasteiger partial charge on any atom is -0.453 e. The minimum absolute atomic E-state index is 0.168. The summed E-state index contributed by atoms with van der Waals surface area (Å²) in [7, 11) is 1.19. The topological polar surface area (TPSA) is 102 Å². The lowest BCUT2D eigenvalue weighted by atomic mass is 10.0. The number of alkyl carbamates (subject to hydrolysis) is 1. The zero-order valence-corrected chi connectivity index (χ0v) is 21.8. The van der Waals surface area contributed by atoms with Crippen LogP contribution in [0.3, 0.4) is 0 Å². The molecule has 2 rings (SSSR count). The van der Waals surface area contributed by atoms with E-state index in [2.05, 4.69) is 32.3 Å². The van der Waals surface area contributed by atoms with E-state index >= 15 is 0 Å². The molecule has 1 aromatic carbocycles. The van der Waals surface area contributed by atoms with E-state index < -0.39 is 30.0 Å². The highest BCUT2D eigenvalue weighted by atomic mass is 19.4. The lowest BCUT2D eigenvalue weighted by Crippen LogP contribution is -2.35. The van der Waals surface area contributed by atoms with Crippen LogP contribution in [0, 0.1) is 0 Å². The molecule has 0 aliphatic rings. The molecule has 2 amide bonds. The normalized spacial score (nSPS) is 12.5. The van der Waals surface area contributed by atoms with Crippen LogP contribution in [0.15, 0.2) is 61.5 Å². The maximum absolute atomic E-state index is 13.6. The van der Waals surface area contributed by atoms with Crippen LogP contribution in [0.2, 0.25) is 0 Å². The van der Waals surface area contributed by atoms with Crippen molar-refractivity contribution in [1.82, 2.24) is 10.3 Å². The van der Waals surface area contributed by atoms with Gasteiger partial charge in [-0.3, -0.25) is 15.6 Å².